The number of furan rings is 3. The zero-order valence-corrected chi connectivity index (χ0v) is 33.0. The molecule has 0 spiro atoms. The standard InChI is InChI=1S/C55H32N4O3/c1-3-11-47-45(7-1)51-46-8-2-4-12-48(46)60-53(51)52(58-47)35-17-25-40(26-18-35)59(38-21-13-33(14-22-38)36-19-27-41-43-9-5-29-56-54(43)61-49(41)31-36)39-23-15-34(16-24-39)37-20-28-42-44-10-6-30-57-55(44)62-50(42)32-37/h1-32H. The summed E-state index contributed by atoms with van der Waals surface area (Å²) in [5, 5.41) is 7.39. The van der Waals surface area contributed by atoms with Gasteiger partial charge in [0, 0.05) is 72.7 Å². The lowest BCUT2D eigenvalue weighted by molar-refractivity contribution is 0.654. The van der Waals surface area contributed by atoms with E-state index in [9.17, 15) is 0 Å². The summed E-state index contributed by atoms with van der Waals surface area (Å²) in [4.78, 5) is 16.3. The van der Waals surface area contributed by atoms with Gasteiger partial charge in [-0.1, -0.05) is 84.9 Å². The van der Waals surface area contributed by atoms with Crippen molar-refractivity contribution in [3.05, 3.63) is 194 Å². The normalized spacial score (nSPS) is 11.9. The molecule has 0 N–H and O–H groups in total. The highest BCUT2D eigenvalue weighted by Crippen LogP contribution is 2.42. The SMILES string of the molecule is c1ccc2c(c1)nc(-c1ccc(N(c3ccc(-c4ccc5c(c4)oc4ncccc45)cc3)c3ccc(-c4ccc5c(c4)oc4ncccc45)cc3)cc1)c1oc3ccccc3c12. The van der Waals surface area contributed by atoms with Gasteiger partial charge in [0.25, 0.3) is 0 Å². The van der Waals surface area contributed by atoms with Crippen LogP contribution >= 0.6 is 0 Å². The minimum atomic E-state index is 0.647. The minimum absolute atomic E-state index is 0.647. The molecule has 7 aromatic carbocycles. The van der Waals surface area contributed by atoms with Gasteiger partial charge in [-0.2, -0.15) is 0 Å². The Morgan fingerprint density at radius 2 is 0.839 bits per heavy atom. The first-order valence-corrected chi connectivity index (χ1v) is 20.6. The van der Waals surface area contributed by atoms with Gasteiger partial charge in [0.15, 0.2) is 5.58 Å². The lowest BCUT2D eigenvalue weighted by Gasteiger charge is -2.26. The highest BCUT2D eigenvalue weighted by Gasteiger charge is 2.20. The van der Waals surface area contributed by atoms with E-state index in [-0.39, 0.29) is 0 Å². The largest absolute Gasteiger partial charge is 0.454 e. The number of pyridine rings is 3. The average Bonchev–Trinajstić information content (AvgIpc) is 4.03. The van der Waals surface area contributed by atoms with E-state index in [4.69, 9.17) is 18.2 Å². The van der Waals surface area contributed by atoms with Crippen LogP contribution in [0.5, 0.6) is 0 Å². The highest BCUT2D eigenvalue weighted by atomic mass is 16.3. The Hall–Kier alpha value is -8.55. The van der Waals surface area contributed by atoms with Crippen LogP contribution in [0.3, 0.4) is 0 Å². The highest BCUT2D eigenvalue weighted by molar-refractivity contribution is 6.20. The minimum Gasteiger partial charge on any atom is -0.454 e. The van der Waals surface area contributed by atoms with E-state index in [0.29, 0.717) is 11.4 Å². The smallest absolute Gasteiger partial charge is 0.227 e. The first-order valence-electron chi connectivity index (χ1n) is 20.6. The molecule has 0 saturated carbocycles. The Bertz CT molecular complexity index is 3710. The molecule has 62 heavy (non-hydrogen) atoms. The Kier molecular flexibility index (Phi) is 7.47. The van der Waals surface area contributed by atoms with Crippen LogP contribution in [0.15, 0.2) is 208 Å². The second-order valence-corrected chi connectivity index (χ2v) is 15.6. The fourth-order valence-electron chi connectivity index (χ4n) is 9.03. The molecule has 7 heteroatoms. The van der Waals surface area contributed by atoms with Gasteiger partial charge in [-0.15, -0.1) is 0 Å². The van der Waals surface area contributed by atoms with Gasteiger partial charge >= 0.3 is 0 Å². The summed E-state index contributed by atoms with van der Waals surface area (Å²) in [5.41, 5.74) is 14.6. The van der Waals surface area contributed by atoms with Crippen molar-refractivity contribution in [2.24, 2.45) is 0 Å². The predicted molar refractivity (Wildman–Crippen MR) is 250 cm³/mol. The Labute approximate surface area is 353 Å². The molecule has 0 saturated heterocycles. The third kappa shape index (κ3) is 5.42. The Morgan fingerprint density at radius 3 is 1.42 bits per heavy atom. The number of hydrogen-bond acceptors (Lipinski definition) is 7. The molecule has 290 valence electrons. The van der Waals surface area contributed by atoms with Gasteiger partial charge in [0.05, 0.1) is 5.52 Å². The zero-order valence-electron chi connectivity index (χ0n) is 33.0. The second kappa shape index (κ2) is 13.5. The maximum absolute atomic E-state index is 6.54. The molecule has 6 aromatic heterocycles. The van der Waals surface area contributed by atoms with Crippen LogP contribution < -0.4 is 4.90 Å². The first kappa shape index (κ1) is 34.3. The van der Waals surface area contributed by atoms with Gasteiger partial charge in [-0.25, -0.2) is 15.0 Å². The number of benzene rings is 7. The summed E-state index contributed by atoms with van der Waals surface area (Å²) >= 11 is 0. The maximum Gasteiger partial charge on any atom is 0.227 e. The van der Waals surface area contributed by atoms with E-state index in [0.717, 1.165) is 116 Å². The van der Waals surface area contributed by atoms with Crippen LogP contribution in [0.1, 0.15) is 0 Å². The Morgan fingerprint density at radius 1 is 0.355 bits per heavy atom. The third-order valence-corrected chi connectivity index (χ3v) is 12.0. The second-order valence-electron chi connectivity index (χ2n) is 15.6. The summed E-state index contributed by atoms with van der Waals surface area (Å²) in [6.45, 7) is 0. The van der Waals surface area contributed by atoms with Crippen LogP contribution in [0.2, 0.25) is 0 Å². The number of rotatable bonds is 6. The van der Waals surface area contributed by atoms with Crippen molar-refractivity contribution in [3.8, 4) is 33.5 Å². The van der Waals surface area contributed by atoms with E-state index < -0.39 is 0 Å². The van der Waals surface area contributed by atoms with Crippen LogP contribution in [0.25, 0.3) is 110 Å². The molecule has 0 bridgehead atoms. The number of para-hydroxylation sites is 2. The van der Waals surface area contributed by atoms with Crippen molar-refractivity contribution >= 4 is 94.0 Å². The molecule has 13 rings (SSSR count). The molecule has 0 amide bonds. The summed E-state index contributed by atoms with van der Waals surface area (Å²) in [7, 11) is 0. The fourth-order valence-corrected chi connectivity index (χ4v) is 9.03. The molecule has 0 aliphatic heterocycles. The number of nitrogens with zero attached hydrogens (tertiary/aromatic N) is 4. The molecule has 0 fully saturated rings. The van der Waals surface area contributed by atoms with Gasteiger partial charge in [-0.3, -0.25) is 0 Å². The van der Waals surface area contributed by atoms with Crippen molar-refractivity contribution in [1.29, 1.82) is 0 Å². The number of anilines is 3. The van der Waals surface area contributed by atoms with Gasteiger partial charge in [0.2, 0.25) is 11.4 Å². The van der Waals surface area contributed by atoms with E-state index in [2.05, 4.69) is 154 Å². The lowest BCUT2D eigenvalue weighted by Crippen LogP contribution is -2.09. The molecule has 7 nitrogen and oxygen atoms in total. The maximum atomic E-state index is 6.54. The van der Waals surface area contributed by atoms with Crippen molar-refractivity contribution in [2.75, 3.05) is 4.90 Å². The van der Waals surface area contributed by atoms with E-state index in [1.165, 1.54) is 0 Å². The topological polar surface area (TPSA) is 81.3 Å². The fraction of sp³-hybridized carbons (Fsp3) is 0. The first-order chi connectivity index (χ1) is 30.7. The molecular formula is C55H32N4O3. The predicted octanol–water partition coefficient (Wildman–Crippen LogP) is 15.2. The molecule has 0 radical (unpaired) electrons. The summed E-state index contributed by atoms with van der Waals surface area (Å²) < 4.78 is 18.8. The monoisotopic (exact) mass is 796 g/mol. The number of hydrogen-bond donors (Lipinski definition) is 0. The van der Waals surface area contributed by atoms with Crippen LogP contribution in [-0.2, 0) is 0 Å². The zero-order chi connectivity index (χ0) is 40.7. The number of fused-ring (bicyclic) bond motifs is 11. The van der Waals surface area contributed by atoms with E-state index in [1.807, 2.05) is 42.5 Å². The Balaban J connectivity index is 0.903. The average molecular weight is 797 g/mol. The van der Waals surface area contributed by atoms with E-state index in [1.54, 1.807) is 12.4 Å². The van der Waals surface area contributed by atoms with Crippen molar-refractivity contribution in [2.45, 2.75) is 0 Å². The van der Waals surface area contributed by atoms with Gasteiger partial charge in [0.1, 0.15) is 22.4 Å². The summed E-state index contributed by atoms with van der Waals surface area (Å²) in [6.07, 6.45) is 3.52. The van der Waals surface area contributed by atoms with Crippen LogP contribution in [-0.4, -0.2) is 15.0 Å². The number of aromatic nitrogens is 3. The van der Waals surface area contributed by atoms with Crippen LogP contribution in [0.4, 0.5) is 17.1 Å². The third-order valence-electron chi connectivity index (χ3n) is 12.0. The van der Waals surface area contributed by atoms with Crippen LogP contribution in [0, 0.1) is 0 Å². The molecule has 0 aliphatic rings. The molecule has 13 aromatic rings. The van der Waals surface area contributed by atoms with Crippen molar-refractivity contribution < 1.29 is 13.3 Å². The van der Waals surface area contributed by atoms with Gasteiger partial charge < -0.3 is 18.2 Å². The van der Waals surface area contributed by atoms with Crippen molar-refractivity contribution in [3.63, 3.8) is 0 Å². The molecule has 0 aliphatic carbocycles. The lowest BCUT2D eigenvalue weighted by atomic mass is 10.0. The van der Waals surface area contributed by atoms with E-state index >= 15 is 0 Å². The molecular weight excluding hydrogens is 765 g/mol. The quantitative estimate of drug-likeness (QED) is 0.166. The molecule has 0 atom stereocenters. The summed E-state index contributed by atoms with van der Waals surface area (Å²) in [6, 6.07) is 63.2. The van der Waals surface area contributed by atoms with Gasteiger partial charge in [-0.05, 0) is 119 Å². The molecule has 6 heterocycles. The summed E-state index contributed by atoms with van der Waals surface area (Å²) in [5.74, 6) is 0. The molecule has 0 unspecified atom stereocenters. The van der Waals surface area contributed by atoms with Crippen molar-refractivity contribution in [1.82, 2.24) is 15.0 Å².